The van der Waals surface area contributed by atoms with Crippen LogP contribution in [0.4, 0.5) is 15.9 Å². The summed E-state index contributed by atoms with van der Waals surface area (Å²) < 4.78 is 18.9. The Balaban J connectivity index is 1.83. The molecule has 0 saturated heterocycles. The lowest BCUT2D eigenvalue weighted by atomic mass is 10.2. The zero-order valence-corrected chi connectivity index (χ0v) is 12.4. The van der Waals surface area contributed by atoms with Gasteiger partial charge in [-0.15, -0.1) is 0 Å². The molecule has 0 aliphatic carbocycles. The number of rotatable bonds is 2. The van der Waals surface area contributed by atoms with E-state index in [1.807, 2.05) is 24.4 Å². The maximum Gasteiger partial charge on any atom is 0.185 e. The van der Waals surface area contributed by atoms with Crippen molar-refractivity contribution in [3.05, 3.63) is 54.6 Å². The molecule has 2 aromatic rings. The summed E-state index contributed by atoms with van der Waals surface area (Å²) in [6, 6.07) is 4.94. The fourth-order valence-electron chi connectivity index (χ4n) is 2.62. The van der Waals surface area contributed by atoms with Crippen LogP contribution in [0.15, 0.2) is 48.8 Å². The molecule has 2 aromatic heterocycles. The highest BCUT2D eigenvalue weighted by Crippen LogP contribution is 2.39. The van der Waals surface area contributed by atoms with Crippen molar-refractivity contribution in [2.75, 3.05) is 29.9 Å². The molecule has 0 bridgehead atoms. The summed E-state index contributed by atoms with van der Waals surface area (Å²) in [6.07, 6.45) is 9.24. The fourth-order valence-corrected chi connectivity index (χ4v) is 2.62. The van der Waals surface area contributed by atoms with Crippen molar-refractivity contribution in [3.63, 3.8) is 0 Å². The molecule has 2 aliphatic rings. The molecule has 1 N–H and O–H groups in total. The van der Waals surface area contributed by atoms with E-state index in [1.165, 1.54) is 12.3 Å². The number of anilines is 2. The van der Waals surface area contributed by atoms with Gasteiger partial charge in [0, 0.05) is 12.7 Å². The van der Waals surface area contributed by atoms with Gasteiger partial charge in [-0.1, -0.05) is 12.2 Å². The number of ether oxygens (including phenoxy) is 1. The number of nitrogens with zero attached hydrogens (tertiary/aromatic N) is 3. The molecule has 0 unspecified atom stereocenters. The van der Waals surface area contributed by atoms with Crippen molar-refractivity contribution in [2.45, 2.75) is 0 Å². The number of pyridine rings is 2. The summed E-state index contributed by atoms with van der Waals surface area (Å²) in [5.41, 5.74) is 2.22. The Morgan fingerprint density at radius 2 is 2.17 bits per heavy atom. The monoisotopic (exact) mass is 310 g/mol. The minimum atomic E-state index is -0.363. The summed E-state index contributed by atoms with van der Waals surface area (Å²) in [6.45, 7) is 2.06. The summed E-state index contributed by atoms with van der Waals surface area (Å²) in [4.78, 5) is 10.8. The number of halogens is 1. The van der Waals surface area contributed by atoms with Gasteiger partial charge in [0.05, 0.1) is 29.8 Å². The van der Waals surface area contributed by atoms with E-state index in [0.717, 1.165) is 18.0 Å². The molecular formula is C17H15FN4O. The zero-order chi connectivity index (χ0) is 15.6. The molecule has 23 heavy (non-hydrogen) atoms. The standard InChI is InChI=1S/C17H15FN4O/c18-12-4-5-13(20-11-12)14-10-15(22-7-2-1-3-8-22)16-17(21-14)19-6-9-23-16/h1-5,7,10-11H,6,8-9H2,(H,19,21). The van der Waals surface area contributed by atoms with Gasteiger partial charge >= 0.3 is 0 Å². The molecule has 116 valence electrons. The Bertz CT molecular complexity index is 786. The topological polar surface area (TPSA) is 50.3 Å². The minimum absolute atomic E-state index is 0.363. The third kappa shape index (κ3) is 2.63. The van der Waals surface area contributed by atoms with Crippen molar-refractivity contribution < 1.29 is 9.13 Å². The van der Waals surface area contributed by atoms with Crippen LogP contribution in [0.25, 0.3) is 11.4 Å². The second-order valence-electron chi connectivity index (χ2n) is 5.26. The van der Waals surface area contributed by atoms with Crippen molar-refractivity contribution in [3.8, 4) is 17.1 Å². The first kappa shape index (κ1) is 13.8. The average molecular weight is 310 g/mol. The predicted octanol–water partition coefficient (Wildman–Crippen LogP) is 2.98. The number of allylic oxidation sites excluding steroid dienone is 2. The summed E-state index contributed by atoms with van der Waals surface area (Å²) in [5, 5.41) is 3.26. The molecular weight excluding hydrogens is 295 g/mol. The Kier molecular flexibility index (Phi) is 3.42. The lowest BCUT2D eigenvalue weighted by molar-refractivity contribution is 0.322. The quantitative estimate of drug-likeness (QED) is 0.924. The number of nitrogens with one attached hydrogen (secondary N) is 1. The highest BCUT2D eigenvalue weighted by Gasteiger charge is 2.21. The first-order valence-corrected chi connectivity index (χ1v) is 7.45. The largest absolute Gasteiger partial charge is 0.486 e. The second-order valence-corrected chi connectivity index (χ2v) is 5.26. The van der Waals surface area contributed by atoms with Gasteiger partial charge in [-0.2, -0.15) is 0 Å². The number of hydrogen-bond acceptors (Lipinski definition) is 5. The highest BCUT2D eigenvalue weighted by molar-refractivity contribution is 5.77. The molecule has 4 rings (SSSR count). The van der Waals surface area contributed by atoms with Gasteiger partial charge in [0.1, 0.15) is 12.4 Å². The number of fused-ring (bicyclic) bond motifs is 1. The summed E-state index contributed by atoms with van der Waals surface area (Å²) in [5.74, 6) is 1.07. The van der Waals surface area contributed by atoms with Crippen LogP contribution < -0.4 is 15.0 Å². The summed E-state index contributed by atoms with van der Waals surface area (Å²) >= 11 is 0. The van der Waals surface area contributed by atoms with Crippen molar-refractivity contribution in [2.24, 2.45) is 0 Å². The van der Waals surface area contributed by atoms with E-state index in [4.69, 9.17) is 4.74 Å². The highest BCUT2D eigenvalue weighted by atomic mass is 19.1. The SMILES string of the molecule is Fc1ccc(-c2cc(N3C=CC=CC3)c3c(n2)NCCO3)nc1. The molecule has 6 heteroatoms. The molecule has 0 spiro atoms. The molecule has 0 aromatic carbocycles. The van der Waals surface area contributed by atoms with E-state index in [9.17, 15) is 4.39 Å². The molecule has 0 radical (unpaired) electrons. The van der Waals surface area contributed by atoms with Gasteiger partial charge < -0.3 is 15.0 Å². The normalized spacial score (nSPS) is 15.8. The molecule has 0 amide bonds. The van der Waals surface area contributed by atoms with Crippen LogP contribution in [0, 0.1) is 5.82 Å². The van der Waals surface area contributed by atoms with Crippen LogP contribution >= 0.6 is 0 Å². The van der Waals surface area contributed by atoms with Crippen LogP contribution in [-0.4, -0.2) is 29.7 Å². The van der Waals surface area contributed by atoms with Gasteiger partial charge in [-0.05, 0) is 24.3 Å². The van der Waals surface area contributed by atoms with E-state index < -0.39 is 0 Å². The Morgan fingerprint density at radius 3 is 2.96 bits per heavy atom. The van der Waals surface area contributed by atoms with E-state index in [1.54, 1.807) is 6.07 Å². The van der Waals surface area contributed by atoms with Gasteiger partial charge in [0.25, 0.3) is 0 Å². The smallest absolute Gasteiger partial charge is 0.185 e. The first-order chi connectivity index (χ1) is 11.3. The third-order valence-electron chi connectivity index (χ3n) is 3.71. The fraction of sp³-hybridized carbons (Fsp3) is 0.176. The number of hydrogen-bond donors (Lipinski definition) is 1. The van der Waals surface area contributed by atoms with Crippen molar-refractivity contribution in [1.82, 2.24) is 9.97 Å². The predicted molar refractivity (Wildman–Crippen MR) is 87.0 cm³/mol. The maximum absolute atomic E-state index is 13.1. The van der Waals surface area contributed by atoms with Crippen LogP contribution in [0.3, 0.4) is 0 Å². The van der Waals surface area contributed by atoms with E-state index in [-0.39, 0.29) is 5.82 Å². The summed E-state index contributed by atoms with van der Waals surface area (Å²) in [7, 11) is 0. The number of aromatic nitrogens is 2. The van der Waals surface area contributed by atoms with Crippen molar-refractivity contribution in [1.29, 1.82) is 0 Å². The van der Waals surface area contributed by atoms with E-state index in [0.29, 0.717) is 30.4 Å². The van der Waals surface area contributed by atoms with Crippen molar-refractivity contribution >= 4 is 11.5 Å². The second kappa shape index (κ2) is 5.72. The molecule has 0 atom stereocenters. The molecule has 4 heterocycles. The molecule has 0 saturated carbocycles. The minimum Gasteiger partial charge on any atom is -0.486 e. The lowest BCUT2D eigenvalue weighted by Crippen LogP contribution is -2.24. The Morgan fingerprint density at radius 1 is 1.22 bits per heavy atom. The Labute approximate surface area is 133 Å². The average Bonchev–Trinajstić information content (AvgIpc) is 2.62. The van der Waals surface area contributed by atoms with Crippen LogP contribution in [0.1, 0.15) is 0 Å². The third-order valence-corrected chi connectivity index (χ3v) is 3.71. The van der Waals surface area contributed by atoms with Gasteiger partial charge in [-0.25, -0.2) is 9.37 Å². The molecule has 2 aliphatic heterocycles. The lowest BCUT2D eigenvalue weighted by Gasteiger charge is -2.28. The van der Waals surface area contributed by atoms with E-state index in [2.05, 4.69) is 26.3 Å². The molecule has 5 nitrogen and oxygen atoms in total. The first-order valence-electron chi connectivity index (χ1n) is 7.45. The van der Waals surface area contributed by atoms with Crippen LogP contribution in [0.5, 0.6) is 5.75 Å². The Hall–Kier alpha value is -2.89. The van der Waals surface area contributed by atoms with E-state index >= 15 is 0 Å². The van der Waals surface area contributed by atoms with Crippen LogP contribution in [0.2, 0.25) is 0 Å². The van der Waals surface area contributed by atoms with Gasteiger partial charge in [0.15, 0.2) is 11.6 Å². The van der Waals surface area contributed by atoms with Gasteiger partial charge in [0.2, 0.25) is 0 Å². The maximum atomic E-state index is 13.1. The van der Waals surface area contributed by atoms with Gasteiger partial charge in [-0.3, -0.25) is 4.98 Å². The van der Waals surface area contributed by atoms with Crippen LogP contribution in [-0.2, 0) is 0 Å². The molecule has 0 fully saturated rings. The zero-order valence-electron chi connectivity index (χ0n) is 12.4.